The Morgan fingerprint density at radius 1 is 0.750 bits per heavy atom. The molecule has 2 heteroatoms. The first-order chi connectivity index (χ1) is 9.81. The molecule has 0 aliphatic rings. The van der Waals surface area contributed by atoms with E-state index in [1.165, 1.54) is 27.2 Å². The minimum absolute atomic E-state index is 1.10. The highest BCUT2D eigenvalue weighted by Gasteiger charge is 2.06. The van der Waals surface area contributed by atoms with Gasteiger partial charge in [0, 0.05) is 21.1 Å². The first kappa shape index (κ1) is 11.7. The molecule has 0 radical (unpaired) electrons. The van der Waals surface area contributed by atoms with Crippen molar-refractivity contribution in [1.29, 1.82) is 0 Å². The summed E-state index contributed by atoms with van der Waals surface area (Å²) in [7, 11) is 0. The fraction of sp³-hybridized carbons (Fsp3) is 0. The molecule has 0 amide bonds. The number of hydrogen-bond donors (Lipinski definition) is 1. The average Bonchev–Trinajstić information content (AvgIpc) is 2.92. The zero-order valence-electron chi connectivity index (χ0n) is 10.7. The average molecular weight is 322 g/mol. The van der Waals surface area contributed by atoms with Crippen molar-refractivity contribution in [3.05, 3.63) is 71.2 Å². The largest absolute Gasteiger partial charge is 0.355 e. The van der Waals surface area contributed by atoms with Crippen LogP contribution in [-0.2, 0) is 0 Å². The molecule has 0 saturated heterocycles. The Morgan fingerprint density at radius 3 is 2.40 bits per heavy atom. The summed E-state index contributed by atoms with van der Waals surface area (Å²) in [6.07, 6.45) is 0. The Hall–Kier alpha value is -2.06. The quantitative estimate of drug-likeness (QED) is 0.459. The van der Waals surface area contributed by atoms with E-state index in [4.69, 9.17) is 0 Å². The van der Waals surface area contributed by atoms with E-state index in [9.17, 15) is 0 Å². The molecule has 1 nitrogen and oxygen atoms in total. The van der Waals surface area contributed by atoms with E-state index in [2.05, 4.69) is 87.6 Å². The van der Waals surface area contributed by atoms with Gasteiger partial charge in [0.05, 0.1) is 0 Å². The lowest BCUT2D eigenvalue weighted by Crippen LogP contribution is -1.75. The summed E-state index contributed by atoms with van der Waals surface area (Å²) in [5.41, 5.74) is 3.54. The molecule has 0 aliphatic heterocycles. The van der Waals surface area contributed by atoms with Crippen LogP contribution >= 0.6 is 15.9 Å². The zero-order valence-corrected chi connectivity index (χ0v) is 12.3. The number of rotatable bonds is 1. The van der Waals surface area contributed by atoms with E-state index in [-0.39, 0.29) is 0 Å². The predicted molar refractivity (Wildman–Crippen MR) is 88.9 cm³/mol. The summed E-state index contributed by atoms with van der Waals surface area (Å²) in [6, 6.07) is 23.4. The first-order valence-electron chi connectivity index (χ1n) is 6.58. The Kier molecular flexibility index (Phi) is 2.64. The number of nitrogens with one attached hydrogen (secondary N) is 1. The van der Waals surface area contributed by atoms with Crippen LogP contribution in [-0.4, -0.2) is 4.98 Å². The highest BCUT2D eigenvalue weighted by atomic mass is 79.9. The lowest BCUT2D eigenvalue weighted by Gasteiger charge is -1.97. The molecule has 0 fully saturated rings. The molecule has 0 unspecified atom stereocenters. The van der Waals surface area contributed by atoms with Crippen LogP contribution in [0.15, 0.2) is 71.2 Å². The summed E-state index contributed by atoms with van der Waals surface area (Å²) < 4.78 is 1.10. The number of H-pyrrole nitrogens is 1. The van der Waals surface area contributed by atoms with Gasteiger partial charge in [-0.2, -0.15) is 0 Å². The number of halogens is 1. The molecule has 1 heterocycles. The summed E-state index contributed by atoms with van der Waals surface area (Å²) in [4.78, 5) is 3.51. The minimum atomic E-state index is 1.10. The van der Waals surface area contributed by atoms with Crippen LogP contribution in [0, 0.1) is 0 Å². The van der Waals surface area contributed by atoms with Gasteiger partial charge in [-0.3, -0.25) is 0 Å². The number of fused-ring (bicyclic) bond motifs is 3. The van der Waals surface area contributed by atoms with E-state index in [1.54, 1.807) is 0 Å². The van der Waals surface area contributed by atoms with Gasteiger partial charge in [-0.15, -0.1) is 0 Å². The molecule has 4 aromatic rings. The molecule has 1 aromatic heterocycles. The van der Waals surface area contributed by atoms with Gasteiger partial charge in [0.15, 0.2) is 0 Å². The van der Waals surface area contributed by atoms with E-state index in [1.807, 2.05) is 0 Å². The molecule has 0 atom stereocenters. The van der Waals surface area contributed by atoms with Crippen LogP contribution in [0.1, 0.15) is 0 Å². The van der Waals surface area contributed by atoms with Crippen molar-refractivity contribution in [2.75, 3.05) is 0 Å². The molecule has 1 N–H and O–H groups in total. The topological polar surface area (TPSA) is 15.8 Å². The fourth-order valence-corrected chi connectivity index (χ4v) is 2.93. The highest BCUT2D eigenvalue weighted by Crippen LogP contribution is 2.30. The van der Waals surface area contributed by atoms with Crippen LogP contribution in [0.25, 0.3) is 32.9 Å². The van der Waals surface area contributed by atoms with Gasteiger partial charge in [-0.05, 0) is 40.6 Å². The van der Waals surface area contributed by atoms with Crippen molar-refractivity contribution >= 4 is 37.6 Å². The van der Waals surface area contributed by atoms with Gasteiger partial charge in [-0.25, -0.2) is 0 Å². The molecule has 20 heavy (non-hydrogen) atoms. The van der Waals surface area contributed by atoms with Gasteiger partial charge < -0.3 is 4.98 Å². The fourth-order valence-electron chi connectivity index (χ4n) is 2.67. The smallest absolute Gasteiger partial charge is 0.0465 e. The minimum Gasteiger partial charge on any atom is -0.355 e. The standard InChI is InChI=1S/C18H12BrN/c19-14-8-5-13(6-9-14)18-11-16-15-4-2-1-3-12(15)7-10-17(16)20-18/h1-11,20H. The molecule has 0 saturated carbocycles. The third-order valence-corrected chi connectivity index (χ3v) is 4.21. The third-order valence-electron chi connectivity index (χ3n) is 3.68. The SMILES string of the molecule is Brc1ccc(-c2cc3c(ccc4ccccc43)[nH]2)cc1. The Morgan fingerprint density at radius 2 is 1.55 bits per heavy atom. The molecule has 0 spiro atoms. The van der Waals surface area contributed by atoms with E-state index in [0.29, 0.717) is 0 Å². The molecule has 0 bridgehead atoms. The highest BCUT2D eigenvalue weighted by molar-refractivity contribution is 9.10. The van der Waals surface area contributed by atoms with Gasteiger partial charge in [0.1, 0.15) is 0 Å². The third kappa shape index (κ3) is 1.84. The van der Waals surface area contributed by atoms with Crippen LogP contribution in [0.2, 0.25) is 0 Å². The van der Waals surface area contributed by atoms with Crippen LogP contribution < -0.4 is 0 Å². The number of aromatic nitrogens is 1. The first-order valence-corrected chi connectivity index (χ1v) is 7.37. The lowest BCUT2D eigenvalue weighted by molar-refractivity contribution is 1.45. The monoisotopic (exact) mass is 321 g/mol. The maximum absolute atomic E-state index is 3.51. The Bertz CT molecular complexity index is 904. The molecule has 96 valence electrons. The van der Waals surface area contributed by atoms with Crippen molar-refractivity contribution in [3.63, 3.8) is 0 Å². The number of hydrogen-bond acceptors (Lipinski definition) is 0. The van der Waals surface area contributed by atoms with Crippen molar-refractivity contribution in [2.24, 2.45) is 0 Å². The Balaban J connectivity index is 1.98. The molecule has 4 rings (SSSR count). The number of aromatic amines is 1. The molecule has 0 aliphatic carbocycles. The second-order valence-corrected chi connectivity index (χ2v) is 5.85. The van der Waals surface area contributed by atoms with E-state index < -0.39 is 0 Å². The molecule has 3 aromatic carbocycles. The van der Waals surface area contributed by atoms with Gasteiger partial charge >= 0.3 is 0 Å². The Labute approximate surface area is 125 Å². The lowest BCUT2D eigenvalue weighted by atomic mass is 10.1. The summed E-state index contributed by atoms with van der Waals surface area (Å²) in [5.74, 6) is 0. The zero-order chi connectivity index (χ0) is 13.5. The maximum atomic E-state index is 3.51. The van der Waals surface area contributed by atoms with Crippen LogP contribution in [0.4, 0.5) is 0 Å². The second-order valence-electron chi connectivity index (χ2n) is 4.94. The van der Waals surface area contributed by atoms with E-state index >= 15 is 0 Å². The van der Waals surface area contributed by atoms with Crippen molar-refractivity contribution in [2.45, 2.75) is 0 Å². The van der Waals surface area contributed by atoms with Crippen molar-refractivity contribution in [3.8, 4) is 11.3 Å². The van der Waals surface area contributed by atoms with Crippen LogP contribution in [0.3, 0.4) is 0 Å². The van der Waals surface area contributed by atoms with E-state index in [0.717, 1.165) is 10.2 Å². The predicted octanol–water partition coefficient (Wildman–Crippen LogP) is 5.75. The second kappa shape index (κ2) is 4.50. The van der Waals surface area contributed by atoms with Gasteiger partial charge in [0.2, 0.25) is 0 Å². The number of benzene rings is 3. The van der Waals surface area contributed by atoms with Gasteiger partial charge in [-0.1, -0.05) is 58.4 Å². The normalized spacial score (nSPS) is 11.2. The van der Waals surface area contributed by atoms with Crippen molar-refractivity contribution in [1.82, 2.24) is 4.98 Å². The van der Waals surface area contributed by atoms with Crippen LogP contribution in [0.5, 0.6) is 0 Å². The maximum Gasteiger partial charge on any atom is 0.0465 e. The molecular formula is C18H12BrN. The summed E-state index contributed by atoms with van der Waals surface area (Å²) in [6.45, 7) is 0. The molecular weight excluding hydrogens is 310 g/mol. The van der Waals surface area contributed by atoms with Crippen molar-refractivity contribution < 1.29 is 0 Å². The summed E-state index contributed by atoms with van der Waals surface area (Å²) in [5, 5.41) is 3.85. The summed E-state index contributed by atoms with van der Waals surface area (Å²) >= 11 is 3.48. The van der Waals surface area contributed by atoms with Gasteiger partial charge in [0.25, 0.3) is 0 Å².